The molecule has 0 spiro atoms. The summed E-state index contributed by atoms with van der Waals surface area (Å²) in [4.78, 5) is 11.3. The van der Waals surface area contributed by atoms with Gasteiger partial charge in [0.15, 0.2) is 6.61 Å². The topological polar surface area (TPSA) is 74.2 Å². The van der Waals surface area contributed by atoms with Crippen LogP contribution < -0.4 is 15.4 Å². The standard InChI is InChI=1S/C15H21N3O2/c1-12(17-2)3-4-13-5-7-14(8-6-13)20-11-15(19)18-10-9-16/h5-8,12,17H,3-4,10-11H2,1-2H3,(H,18,19). The number of aryl methyl sites for hydroxylation is 1. The number of hydrogen-bond donors (Lipinski definition) is 2. The fourth-order valence-corrected chi connectivity index (χ4v) is 1.62. The van der Waals surface area contributed by atoms with E-state index in [9.17, 15) is 4.79 Å². The van der Waals surface area contributed by atoms with Crippen LogP contribution in [0.15, 0.2) is 24.3 Å². The number of ether oxygens (including phenoxy) is 1. The highest BCUT2D eigenvalue weighted by Crippen LogP contribution is 2.13. The van der Waals surface area contributed by atoms with E-state index in [2.05, 4.69) is 17.6 Å². The van der Waals surface area contributed by atoms with Crippen molar-refractivity contribution >= 4 is 5.91 Å². The number of rotatable bonds is 8. The summed E-state index contributed by atoms with van der Waals surface area (Å²) in [5.74, 6) is 0.362. The van der Waals surface area contributed by atoms with Gasteiger partial charge in [0, 0.05) is 6.04 Å². The molecule has 1 aromatic carbocycles. The Morgan fingerprint density at radius 2 is 2.10 bits per heavy atom. The first-order chi connectivity index (χ1) is 9.65. The van der Waals surface area contributed by atoms with E-state index in [1.807, 2.05) is 37.4 Å². The van der Waals surface area contributed by atoms with Gasteiger partial charge in [0.05, 0.1) is 6.07 Å². The molecule has 1 amide bonds. The Morgan fingerprint density at radius 3 is 2.70 bits per heavy atom. The molecule has 5 nitrogen and oxygen atoms in total. The number of amides is 1. The molecule has 2 N–H and O–H groups in total. The zero-order valence-electron chi connectivity index (χ0n) is 12.0. The van der Waals surface area contributed by atoms with Gasteiger partial charge in [-0.05, 0) is 44.5 Å². The Bertz CT molecular complexity index is 451. The highest BCUT2D eigenvalue weighted by Gasteiger charge is 2.03. The van der Waals surface area contributed by atoms with E-state index >= 15 is 0 Å². The molecule has 0 aromatic heterocycles. The molecule has 0 aliphatic carbocycles. The van der Waals surface area contributed by atoms with E-state index in [4.69, 9.17) is 10.00 Å². The van der Waals surface area contributed by atoms with Crippen molar-refractivity contribution in [2.45, 2.75) is 25.8 Å². The number of carbonyl (C=O) groups excluding carboxylic acids is 1. The van der Waals surface area contributed by atoms with Gasteiger partial charge in [0.25, 0.3) is 5.91 Å². The smallest absolute Gasteiger partial charge is 0.258 e. The fraction of sp³-hybridized carbons (Fsp3) is 0.467. The van der Waals surface area contributed by atoms with Crippen molar-refractivity contribution in [2.75, 3.05) is 20.2 Å². The van der Waals surface area contributed by atoms with Crippen LogP contribution in [0.5, 0.6) is 5.75 Å². The minimum absolute atomic E-state index is 0.00474. The summed E-state index contributed by atoms with van der Waals surface area (Å²) >= 11 is 0. The van der Waals surface area contributed by atoms with Crippen molar-refractivity contribution < 1.29 is 9.53 Å². The molecule has 0 fully saturated rings. The number of benzene rings is 1. The van der Waals surface area contributed by atoms with Crippen LogP contribution in [0.2, 0.25) is 0 Å². The van der Waals surface area contributed by atoms with Gasteiger partial charge < -0.3 is 15.4 Å². The van der Waals surface area contributed by atoms with E-state index in [0.717, 1.165) is 12.8 Å². The summed E-state index contributed by atoms with van der Waals surface area (Å²) in [6.45, 7) is 2.08. The molecule has 0 bridgehead atoms. The van der Waals surface area contributed by atoms with Crippen molar-refractivity contribution in [3.63, 3.8) is 0 Å². The van der Waals surface area contributed by atoms with Crippen LogP contribution in [-0.4, -0.2) is 32.1 Å². The van der Waals surface area contributed by atoms with Crippen molar-refractivity contribution in [3.8, 4) is 11.8 Å². The van der Waals surface area contributed by atoms with Crippen molar-refractivity contribution in [2.24, 2.45) is 0 Å². The molecule has 0 saturated heterocycles. The van der Waals surface area contributed by atoms with Gasteiger partial charge >= 0.3 is 0 Å². The number of carbonyl (C=O) groups is 1. The molecule has 0 radical (unpaired) electrons. The van der Waals surface area contributed by atoms with E-state index < -0.39 is 0 Å². The lowest BCUT2D eigenvalue weighted by atomic mass is 10.1. The molecule has 0 saturated carbocycles. The van der Waals surface area contributed by atoms with Gasteiger partial charge in [-0.15, -0.1) is 0 Å². The van der Waals surface area contributed by atoms with Crippen LogP contribution in [0.1, 0.15) is 18.9 Å². The molecule has 1 rings (SSSR count). The summed E-state index contributed by atoms with van der Waals surface area (Å²) in [6, 6.07) is 10.1. The van der Waals surface area contributed by atoms with Crippen LogP contribution in [0.25, 0.3) is 0 Å². The third-order valence-electron chi connectivity index (χ3n) is 3.02. The molecule has 5 heteroatoms. The zero-order valence-corrected chi connectivity index (χ0v) is 12.0. The third kappa shape index (κ3) is 6.21. The van der Waals surface area contributed by atoms with Crippen LogP contribution in [0.4, 0.5) is 0 Å². The lowest BCUT2D eigenvalue weighted by molar-refractivity contribution is -0.122. The number of nitriles is 1. The molecule has 1 unspecified atom stereocenters. The van der Waals surface area contributed by atoms with E-state index in [0.29, 0.717) is 11.8 Å². The number of hydrogen-bond acceptors (Lipinski definition) is 4. The fourth-order valence-electron chi connectivity index (χ4n) is 1.62. The van der Waals surface area contributed by atoms with Gasteiger partial charge in [-0.3, -0.25) is 4.79 Å². The predicted molar refractivity (Wildman–Crippen MR) is 77.4 cm³/mol. The molecule has 0 aliphatic rings. The Morgan fingerprint density at radius 1 is 1.40 bits per heavy atom. The molecule has 108 valence electrons. The normalized spacial score (nSPS) is 11.4. The lowest BCUT2D eigenvalue weighted by Crippen LogP contribution is -2.29. The van der Waals surface area contributed by atoms with Crippen molar-refractivity contribution in [3.05, 3.63) is 29.8 Å². The van der Waals surface area contributed by atoms with Crippen LogP contribution in [-0.2, 0) is 11.2 Å². The number of nitrogens with zero attached hydrogens (tertiary/aromatic N) is 1. The summed E-state index contributed by atoms with van der Waals surface area (Å²) < 4.78 is 5.33. The molecule has 20 heavy (non-hydrogen) atoms. The average Bonchev–Trinajstić information content (AvgIpc) is 2.49. The van der Waals surface area contributed by atoms with Gasteiger partial charge in [-0.1, -0.05) is 12.1 Å². The summed E-state index contributed by atoms with van der Waals surface area (Å²) in [5, 5.41) is 14.0. The first-order valence-corrected chi connectivity index (χ1v) is 6.68. The highest BCUT2D eigenvalue weighted by molar-refractivity contribution is 5.77. The second-order valence-electron chi connectivity index (χ2n) is 4.60. The second kappa shape index (κ2) is 8.94. The highest BCUT2D eigenvalue weighted by atomic mass is 16.5. The van der Waals surface area contributed by atoms with Gasteiger partial charge in [0.2, 0.25) is 0 Å². The zero-order chi connectivity index (χ0) is 14.8. The van der Waals surface area contributed by atoms with Gasteiger partial charge in [0.1, 0.15) is 12.3 Å². The van der Waals surface area contributed by atoms with Crippen LogP contribution >= 0.6 is 0 Å². The Labute approximate surface area is 119 Å². The maximum Gasteiger partial charge on any atom is 0.258 e. The molecular formula is C15H21N3O2. The monoisotopic (exact) mass is 275 g/mol. The summed E-state index contributed by atoms with van der Waals surface area (Å²) in [7, 11) is 1.96. The predicted octanol–water partition coefficient (Wildman–Crippen LogP) is 1.25. The number of nitrogens with one attached hydrogen (secondary N) is 2. The first kappa shape index (κ1) is 16.0. The minimum Gasteiger partial charge on any atom is -0.484 e. The lowest BCUT2D eigenvalue weighted by Gasteiger charge is -2.10. The largest absolute Gasteiger partial charge is 0.484 e. The average molecular weight is 275 g/mol. The van der Waals surface area contributed by atoms with Crippen molar-refractivity contribution in [1.82, 2.24) is 10.6 Å². The minimum atomic E-state index is -0.293. The quantitative estimate of drug-likeness (QED) is 0.700. The second-order valence-corrected chi connectivity index (χ2v) is 4.60. The molecule has 0 aliphatic heterocycles. The van der Waals surface area contributed by atoms with Crippen LogP contribution in [0, 0.1) is 11.3 Å². The van der Waals surface area contributed by atoms with Gasteiger partial charge in [-0.25, -0.2) is 0 Å². The Balaban J connectivity index is 2.35. The summed E-state index contributed by atoms with van der Waals surface area (Å²) in [6.07, 6.45) is 2.08. The Hall–Kier alpha value is -2.06. The first-order valence-electron chi connectivity index (χ1n) is 6.68. The molecule has 1 atom stereocenters. The van der Waals surface area contributed by atoms with Crippen molar-refractivity contribution in [1.29, 1.82) is 5.26 Å². The summed E-state index contributed by atoms with van der Waals surface area (Å²) in [5.41, 5.74) is 1.24. The SMILES string of the molecule is CNC(C)CCc1ccc(OCC(=O)NCC#N)cc1. The molecule has 1 aromatic rings. The van der Waals surface area contributed by atoms with E-state index in [-0.39, 0.29) is 19.1 Å². The van der Waals surface area contributed by atoms with Gasteiger partial charge in [-0.2, -0.15) is 5.26 Å². The molecule has 0 heterocycles. The van der Waals surface area contributed by atoms with E-state index in [1.54, 1.807) is 0 Å². The third-order valence-corrected chi connectivity index (χ3v) is 3.02. The maximum absolute atomic E-state index is 11.3. The maximum atomic E-state index is 11.3. The van der Waals surface area contributed by atoms with E-state index in [1.165, 1.54) is 5.56 Å². The molecular weight excluding hydrogens is 254 g/mol. The van der Waals surface area contributed by atoms with Crippen LogP contribution in [0.3, 0.4) is 0 Å². The Kier molecular flexibility index (Phi) is 7.15.